The van der Waals surface area contributed by atoms with Crippen molar-refractivity contribution >= 4 is 11.6 Å². The van der Waals surface area contributed by atoms with Crippen LogP contribution >= 0.6 is 0 Å². The minimum atomic E-state index is -0.285. The summed E-state index contributed by atoms with van der Waals surface area (Å²) in [6.45, 7) is 2.08. The van der Waals surface area contributed by atoms with Gasteiger partial charge in [-0.2, -0.15) is 0 Å². The first kappa shape index (κ1) is 12.1. The van der Waals surface area contributed by atoms with E-state index in [4.69, 9.17) is 10.4 Å². The van der Waals surface area contributed by atoms with Crippen molar-refractivity contribution in [1.82, 2.24) is 15.5 Å². The molecule has 0 atom stereocenters. The molecule has 2 aromatic heterocycles. The lowest BCUT2D eigenvalue weighted by atomic mass is 10.2. The molecule has 0 aliphatic heterocycles. The quantitative estimate of drug-likeness (QED) is 0.539. The highest BCUT2D eigenvalue weighted by molar-refractivity contribution is 5.99. The maximum atomic E-state index is 11.9. The molecule has 1 amide bonds. The molecule has 0 saturated carbocycles. The lowest BCUT2D eigenvalue weighted by Crippen LogP contribution is -2.25. The molecule has 0 radical (unpaired) electrons. The number of hydrazine groups is 1. The van der Waals surface area contributed by atoms with E-state index in [9.17, 15) is 4.79 Å². The summed E-state index contributed by atoms with van der Waals surface area (Å²) >= 11 is 0. The summed E-state index contributed by atoms with van der Waals surface area (Å²) in [5, 5.41) is 6.23. The zero-order chi connectivity index (χ0) is 13.0. The first-order valence-corrected chi connectivity index (χ1v) is 5.31. The molecule has 0 spiro atoms. The molecule has 7 heteroatoms. The van der Waals surface area contributed by atoms with E-state index < -0.39 is 0 Å². The Labute approximate surface area is 103 Å². The highest BCUT2D eigenvalue weighted by atomic mass is 16.5. The summed E-state index contributed by atoms with van der Waals surface area (Å²) in [4.78, 5) is 16.0. The Balaban J connectivity index is 2.09. The lowest BCUT2D eigenvalue weighted by molar-refractivity contribution is 0.0947. The second-order valence-corrected chi connectivity index (χ2v) is 3.68. The predicted octanol–water partition coefficient (Wildman–Crippen LogP) is 0.594. The van der Waals surface area contributed by atoms with Crippen LogP contribution < -0.4 is 16.6 Å². The molecule has 0 aliphatic carbocycles. The Bertz CT molecular complexity index is 538. The van der Waals surface area contributed by atoms with Gasteiger partial charge in [0.25, 0.3) is 5.91 Å². The molecule has 18 heavy (non-hydrogen) atoms. The van der Waals surface area contributed by atoms with E-state index in [-0.39, 0.29) is 12.5 Å². The Morgan fingerprint density at radius 1 is 1.56 bits per heavy atom. The molecule has 4 N–H and O–H groups in total. The Kier molecular flexibility index (Phi) is 3.54. The smallest absolute Gasteiger partial charge is 0.255 e. The van der Waals surface area contributed by atoms with Crippen LogP contribution in [0.1, 0.15) is 21.8 Å². The van der Waals surface area contributed by atoms with E-state index in [0.29, 0.717) is 17.0 Å². The van der Waals surface area contributed by atoms with Crippen LogP contribution in [0.15, 0.2) is 29.0 Å². The van der Waals surface area contributed by atoms with Gasteiger partial charge >= 0.3 is 0 Å². The highest BCUT2D eigenvalue weighted by Crippen LogP contribution is 2.14. The molecule has 94 valence electrons. The number of aryl methyl sites for hydroxylation is 1. The van der Waals surface area contributed by atoms with Crippen LogP contribution in [0.4, 0.5) is 5.69 Å². The topological polar surface area (TPSA) is 106 Å². The van der Waals surface area contributed by atoms with E-state index in [0.717, 1.165) is 5.69 Å². The number of amides is 1. The molecule has 0 aliphatic rings. The number of carbonyl (C=O) groups is 1. The van der Waals surface area contributed by atoms with Crippen LogP contribution in [0.3, 0.4) is 0 Å². The summed E-state index contributed by atoms with van der Waals surface area (Å²) in [6.07, 6.45) is 2.99. The fourth-order valence-corrected chi connectivity index (χ4v) is 1.46. The van der Waals surface area contributed by atoms with Gasteiger partial charge in [-0.25, -0.2) is 0 Å². The number of nitrogens with zero attached hydrogens (tertiary/aromatic N) is 2. The normalized spacial score (nSPS) is 10.1. The average Bonchev–Trinajstić information content (AvgIpc) is 2.88. The fraction of sp³-hybridized carbons (Fsp3) is 0.182. The molecule has 0 unspecified atom stereocenters. The molecule has 0 bridgehead atoms. The zero-order valence-corrected chi connectivity index (χ0v) is 9.80. The molecule has 7 nitrogen and oxygen atoms in total. The van der Waals surface area contributed by atoms with Crippen molar-refractivity contribution < 1.29 is 9.32 Å². The number of nitrogens with two attached hydrogens (primary N) is 1. The number of carbonyl (C=O) groups excluding carboxylic acids is 1. The van der Waals surface area contributed by atoms with Crippen molar-refractivity contribution in [1.29, 1.82) is 0 Å². The summed E-state index contributed by atoms with van der Waals surface area (Å²) in [5.41, 5.74) is 4.15. The second kappa shape index (κ2) is 5.28. The van der Waals surface area contributed by atoms with E-state index in [1.165, 1.54) is 12.4 Å². The maximum absolute atomic E-state index is 11.9. The molecule has 2 rings (SSSR count). The van der Waals surface area contributed by atoms with E-state index >= 15 is 0 Å². The number of hydrogen-bond acceptors (Lipinski definition) is 6. The van der Waals surface area contributed by atoms with Crippen LogP contribution in [0.2, 0.25) is 0 Å². The monoisotopic (exact) mass is 247 g/mol. The highest BCUT2D eigenvalue weighted by Gasteiger charge is 2.12. The number of nitrogen functional groups attached to an aromatic ring is 1. The van der Waals surface area contributed by atoms with Gasteiger partial charge in [-0.3, -0.25) is 15.6 Å². The van der Waals surface area contributed by atoms with Crippen molar-refractivity contribution in [2.75, 3.05) is 5.43 Å². The van der Waals surface area contributed by atoms with Gasteiger partial charge in [-0.1, -0.05) is 5.16 Å². The van der Waals surface area contributed by atoms with Gasteiger partial charge in [0, 0.05) is 18.0 Å². The van der Waals surface area contributed by atoms with E-state index in [2.05, 4.69) is 20.9 Å². The first-order chi connectivity index (χ1) is 8.70. The molecule has 2 aromatic rings. The van der Waals surface area contributed by atoms with Crippen LogP contribution in [-0.4, -0.2) is 16.0 Å². The molecular formula is C11H13N5O2. The minimum Gasteiger partial charge on any atom is -0.360 e. The average molecular weight is 247 g/mol. The predicted molar refractivity (Wildman–Crippen MR) is 64.5 cm³/mol. The van der Waals surface area contributed by atoms with Crippen LogP contribution in [0, 0.1) is 6.92 Å². The fourth-order valence-electron chi connectivity index (χ4n) is 1.46. The Morgan fingerprint density at radius 2 is 2.39 bits per heavy atom. The SMILES string of the molecule is Cc1cc(NN)c(C(=O)NCc2ccno2)cn1. The van der Waals surface area contributed by atoms with Crippen LogP contribution in [-0.2, 0) is 6.54 Å². The molecular weight excluding hydrogens is 234 g/mol. The molecule has 0 aromatic carbocycles. The van der Waals surface area contributed by atoms with Gasteiger partial charge in [0.2, 0.25) is 0 Å². The van der Waals surface area contributed by atoms with Gasteiger partial charge < -0.3 is 15.3 Å². The van der Waals surface area contributed by atoms with Gasteiger partial charge in [0.15, 0.2) is 5.76 Å². The molecule has 0 saturated heterocycles. The van der Waals surface area contributed by atoms with Crippen molar-refractivity contribution in [3.63, 3.8) is 0 Å². The number of rotatable bonds is 4. The number of hydrogen-bond donors (Lipinski definition) is 3. The summed E-state index contributed by atoms with van der Waals surface area (Å²) in [7, 11) is 0. The lowest BCUT2D eigenvalue weighted by Gasteiger charge is -2.08. The summed E-state index contributed by atoms with van der Waals surface area (Å²) < 4.78 is 4.87. The second-order valence-electron chi connectivity index (χ2n) is 3.68. The van der Waals surface area contributed by atoms with Gasteiger partial charge in [0.1, 0.15) is 0 Å². The van der Waals surface area contributed by atoms with Crippen molar-refractivity contribution in [2.45, 2.75) is 13.5 Å². The van der Waals surface area contributed by atoms with Gasteiger partial charge in [0.05, 0.1) is 24.0 Å². The number of anilines is 1. The minimum absolute atomic E-state index is 0.261. The van der Waals surface area contributed by atoms with Crippen LogP contribution in [0.5, 0.6) is 0 Å². The third-order valence-electron chi connectivity index (χ3n) is 2.36. The van der Waals surface area contributed by atoms with Crippen LogP contribution in [0.25, 0.3) is 0 Å². The van der Waals surface area contributed by atoms with E-state index in [1.807, 2.05) is 6.92 Å². The van der Waals surface area contributed by atoms with Crippen molar-refractivity contribution in [3.05, 3.63) is 41.5 Å². The van der Waals surface area contributed by atoms with Crippen molar-refractivity contribution in [3.8, 4) is 0 Å². The largest absolute Gasteiger partial charge is 0.360 e. The molecule has 2 heterocycles. The van der Waals surface area contributed by atoms with E-state index in [1.54, 1.807) is 12.1 Å². The Hall–Kier alpha value is -2.41. The van der Waals surface area contributed by atoms with Gasteiger partial charge in [-0.15, -0.1) is 0 Å². The summed E-state index contributed by atoms with van der Waals surface area (Å²) in [6, 6.07) is 3.37. The van der Waals surface area contributed by atoms with Gasteiger partial charge in [-0.05, 0) is 13.0 Å². The Morgan fingerprint density at radius 3 is 3.06 bits per heavy atom. The zero-order valence-electron chi connectivity index (χ0n) is 9.80. The first-order valence-electron chi connectivity index (χ1n) is 5.31. The maximum Gasteiger partial charge on any atom is 0.255 e. The number of pyridine rings is 1. The standard InChI is InChI=1S/C11H13N5O2/c1-7-4-10(16-12)9(6-13-7)11(17)14-5-8-2-3-15-18-8/h2-4,6H,5,12H2,1H3,(H,13,16)(H,14,17). The summed E-state index contributed by atoms with van der Waals surface area (Å²) in [5.74, 6) is 5.65. The number of nitrogens with one attached hydrogen (secondary N) is 2. The number of aromatic nitrogens is 2. The third kappa shape index (κ3) is 2.64. The van der Waals surface area contributed by atoms with Crippen molar-refractivity contribution in [2.24, 2.45) is 5.84 Å². The molecule has 0 fully saturated rings. The third-order valence-corrected chi connectivity index (χ3v) is 2.36.